The molecule has 2 heterocycles. The molecule has 4 aromatic rings. The van der Waals surface area contributed by atoms with Crippen LogP contribution in [0.5, 0.6) is 0 Å². The molecule has 3 unspecified atom stereocenters. The zero-order chi connectivity index (χ0) is 27.4. The number of hydrogen-bond donors (Lipinski definition) is 2. The van der Waals surface area contributed by atoms with E-state index in [0.717, 1.165) is 22.0 Å². The molecule has 1 saturated heterocycles. The SMILES string of the molecule is CN(Cc1ccccc1)C(=O)C(Cc1ccccc1)NC(=O)C1CS(=O)CN1C(=O)c1c[nH]c2ccccc12. The van der Waals surface area contributed by atoms with Gasteiger partial charge in [-0.3, -0.25) is 18.6 Å². The highest BCUT2D eigenvalue weighted by Crippen LogP contribution is 2.23. The van der Waals surface area contributed by atoms with E-state index in [1.54, 1.807) is 18.1 Å². The second kappa shape index (κ2) is 11.7. The largest absolute Gasteiger partial charge is 0.360 e. The van der Waals surface area contributed by atoms with Gasteiger partial charge in [0.25, 0.3) is 5.91 Å². The van der Waals surface area contributed by atoms with Gasteiger partial charge in [-0.2, -0.15) is 0 Å². The molecular formula is C30H30N4O4S. The number of rotatable bonds is 8. The minimum atomic E-state index is -1.38. The third-order valence-electron chi connectivity index (χ3n) is 6.92. The van der Waals surface area contributed by atoms with Gasteiger partial charge in [-0.25, -0.2) is 0 Å². The molecule has 3 amide bonds. The first kappa shape index (κ1) is 26.4. The number of carbonyl (C=O) groups excluding carboxylic acids is 3. The molecular weight excluding hydrogens is 512 g/mol. The van der Waals surface area contributed by atoms with Gasteiger partial charge in [0.05, 0.1) is 17.2 Å². The van der Waals surface area contributed by atoms with Crippen molar-refractivity contribution in [2.24, 2.45) is 0 Å². The van der Waals surface area contributed by atoms with E-state index in [9.17, 15) is 18.6 Å². The van der Waals surface area contributed by atoms with Gasteiger partial charge in [-0.05, 0) is 17.2 Å². The average Bonchev–Trinajstić information content (AvgIpc) is 3.57. The number of aromatic amines is 1. The summed E-state index contributed by atoms with van der Waals surface area (Å²) < 4.78 is 12.6. The van der Waals surface area contributed by atoms with E-state index in [0.29, 0.717) is 12.1 Å². The molecule has 0 spiro atoms. The standard InChI is InChI=1S/C30H30N4O4S/c1-33(18-22-12-6-3-7-13-22)30(37)26(16-21-10-4-2-5-11-21)32-28(35)27-19-39(38)20-34(27)29(36)24-17-31-25-15-9-8-14-23(24)25/h2-15,17,26-27,31H,16,18-20H2,1H3,(H,32,35). The fraction of sp³-hybridized carbons (Fsp3) is 0.233. The maximum atomic E-state index is 13.6. The van der Waals surface area contributed by atoms with E-state index < -0.39 is 28.8 Å². The summed E-state index contributed by atoms with van der Waals surface area (Å²) in [6.45, 7) is 0.388. The third kappa shape index (κ3) is 5.93. The van der Waals surface area contributed by atoms with Crippen LogP contribution in [-0.4, -0.2) is 67.5 Å². The molecule has 3 aromatic carbocycles. The van der Waals surface area contributed by atoms with Crippen LogP contribution >= 0.6 is 0 Å². The normalized spacial score (nSPS) is 17.6. The molecule has 0 saturated carbocycles. The Morgan fingerprint density at radius 3 is 2.33 bits per heavy atom. The summed E-state index contributed by atoms with van der Waals surface area (Å²) in [4.78, 5) is 46.7. The van der Waals surface area contributed by atoms with Crippen LogP contribution in [0.3, 0.4) is 0 Å². The lowest BCUT2D eigenvalue weighted by molar-refractivity contribution is -0.136. The summed E-state index contributed by atoms with van der Waals surface area (Å²) in [5.74, 6) is -1.13. The third-order valence-corrected chi connectivity index (χ3v) is 8.18. The highest BCUT2D eigenvalue weighted by molar-refractivity contribution is 7.85. The number of carbonyl (C=O) groups is 3. The van der Waals surface area contributed by atoms with Gasteiger partial charge in [0.2, 0.25) is 11.8 Å². The molecule has 39 heavy (non-hydrogen) atoms. The zero-order valence-corrected chi connectivity index (χ0v) is 22.4. The lowest BCUT2D eigenvalue weighted by Gasteiger charge is -2.28. The Balaban J connectivity index is 1.36. The van der Waals surface area contributed by atoms with Crippen LogP contribution in [-0.2, 0) is 33.4 Å². The van der Waals surface area contributed by atoms with Gasteiger partial charge < -0.3 is 20.1 Å². The van der Waals surface area contributed by atoms with E-state index in [-0.39, 0.29) is 29.9 Å². The smallest absolute Gasteiger partial charge is 0.257 e. The van der Waals surface area contributed by atoms with Crippen molar-refractivity contribution in [2.45, 2.75) is 25.0 Å². The zero-order valence-electron chi connectivity index (χ0n) is 21.6. The van der Waals surface area contributed by atoms with Gasteiger partial charge in [-0.1, -0.05) is 78.9 Å². The summed E-state index contributed by atoms with van der Waals surface area (Å²) in [5, 5.41) is 3.63. The summed E-state index contributed by atoms with van der Waals surface area (Å²) in [6, 6.07) is 24.7. The molecule has 2 N–H and O–H groups in total. The van der Waals surface area contributed by atoms with E-state index in [4.69, 9.17) is 0 Å². The van der Waals surface area contributed by atoms with Gasteiger partial charge in [0.1, 0.15) is 12.1 Å². The number of nitrogens with zero attached hydrogens (tertiary/aromatic N) is 2. The molecule has 1 fully saturated rings. The molecule has 1 aliphatic heterocycles. The lowest BCUT2D eigenvalue weighted by Crippen LogP contribution is -2.54. The van der Waals surface area contributed by atoms with E-state index in [2.05, 4.69) is 10.3 Å². The Hall–Kier alpha value is -4.24. The number of H-pyrrole nitrogens is 1. The Morgan fingerprint density at radius 2 is 1.62 bits per heavy atom. The minimum Gasteiger partial charge on any atom is -0.360 e. The summed E-state index contributed by atoms with van der Waals surface area (Å²) in [7, 11) is 0.326. The van der Waals surface area contributed by atoms with Crippen molar-refractivity contribution < 1.29 is 18.6 Å². The maximum Gasteiger partial charge on any atom is 0.257 e. The molecule has 1 aromatic heterocycles. The van der Waals surface area contributed by atoms with Gasteiger partial charge in [0.15, 0.2) is 0 Å². The number of amides is 3. The Bertz CT molecular complexity index is 1510. The highest BCUT2D eigenvalue weighted by atomic mass is 32.2. The quantitative estimate of drug-likeness (QED) is 0.357. The van der Waals surface area contributed by atoms with Crippen molar-refractivity contribution in [2.75, 3.05) is 18.7 Å². The number of hydrogen-bond acceptors (Lipinski definition) is 4. The van der Waals surface area contributed by atoms with Crippen LogP contribution in [0.2, 0.25) is 0 Å². The lowest BCUT2D eigenvalue weighted by atomic mass is 10.0. The Labute approximate surface area is 229 Å². The number of likely N-dealkylation sites (N-methyl/N-ethyl adjacent to an activating group) is 1. The molecule has 3 atom stereocenters. The van der Waals surface area contributed by atoms with Crippen molar-refractivity contribution in [1.29, 1.82) is 0 Å². The van der Waals surface area contributed by atoms with Crippen LogP contribution in [0, 0.1) is 0 Å². The minimum absolute atomic E-state index is 0.0199. The molecule has 0 bridgehead atoms. The first-order chi connectivity index (χ1) is 18.9. The fourth-order valence-electron chi connectivity index (χ4n) is 4.90. The first-order valence-corrected chi connectivity index (χ1v) is 14.2. The summed E-state index contributed by atoms with van der Waals surface area (Å²) in [5.41, 5.74) is 3.09. The first-order valence-electron chi connectivity index (χ1n) is 12.8. The van der Waals surface area contributed by atoms with E-state index in [1.807, 2.05) is 84.9 Å². The number of aromatic nitrogens is 1. The molecule has 0 radical (unpaired) electrons. The molecule has 5 rings (SSSR count). The Kier molecular flexibility index (Phi) is 7.88. The molecule has 200 valence electrons. The van der Waals surface area contributed by atoms with Crippen molar-refractivity contribution in [1.82, 2.24) is 20.1 Å². The number of nitrogens with one attached hydrogen (secondary N) is 2. The van der Waals surface area contributed by atoms with Gasteiger partial charge >= 0.3 is 0 Å². The molecule has 8 nitrogen and oxygen atoms in total. The van der Waals surface area contributed by atoms with Crippen molar-refractivity contribution in [3.8, 4) is 0 Å². The number of benzene rings is 3. The highest BCUT2D eigenvalue weighted by Gasteiger charge is 2.40. The number of para-hydroxylation sites is 1. The van der Waals surface area contributed by atoms with Crippen LogP contribution in [0.25, 0.3) is 10.9 Å². The van der Waals surface area contributed by atoms with Crippen LogP contribution in [0.1, 0.15) is 21.5 Å². The predicted octanol–water partition coefficient (Wildman–Crippen LogP) is 3.08. The Morgan fingerprint density at radius 1 is 0.974 bits per heavy atom. The van der Waals surface area contributed by atoms with Crippen LogP contribution in [0.4, 0.5) is 0 Å². The van der Waals surface area contributed by atoms with Crippen molar-refractivity contribution in [3.63, 3.8) is 0 Å². The van der Waals surface area contributed by atoms with Gasteiger partial charge in [-0.15, -0.1) is 0 Å². The van der Waals surface area contributed by atoms with E-state index in [1.165, 1.54) is 4.90 Å². The van der Waals surface area contributed by atoms with Crippen molar-refractivity contribution >= 4 is 39.4 Å². The van der Waals surface area contributed by atoms with Crippen LogP contribution in [0.15, 0.2) is 91.1 Å². The topological polar surface area (TPSA) is 103 Å². The van der Waals surface area contributed by atoms with Crippen LogP contribution < -0.4 is 5.32 Å². The monoisotopic (exact) mass is 542 g/mol. The summed E-state index contributed by atoms with van der Waals surface area (Å²) in [6.07, 6.45) is 1.90. The number of fused-ring (bicyclic) bond motifs is 1. The van der Waals surface area contributed by atoms with Crippen molar-refractivity contribution in [3.05, 3.63) is 108 Å². The molecule has 9 heteroatoms. The maximum absolute atomic E-state index is 13.6. The predicted molar refractivity (Wildman–Crippen MR) is 151 cm³/mol. The van der Waals surface area contributed by atoms with E-state index >= 15 is 0 Å². The average molecular weight is 543 g/mol. The second-order valence-corrected chi connectivity index (χ2v) is 11.2. The summed E-state index contributed by atoms with van der Waals surface area (Å²) >= 11 is 0. The van der Waals surface area contributed by atoms with Gasteiger partial charge in [0, 0.05) is 47.9 Å². The fourth-order valence-corrected chi connectivity index (χ4v) is 6.30. The molecule has 0 aliphatic carbocycles. The molecule has 1 aliphatic rings. The second-order valence-electron chi connectivity index (χ2n) is 9.71.